The van der Waals surface area contributed by atoms with Crippen molar-refractivity contribution < 1.29 is 4.74 Å². The van der Waals surface area contributed by atoms with Crippen LogP contribution < -0.4 is 10.5 Å². The number of para-hydroxylation sites is 1. The van der Waals surface area contributed by atoms with Gasteiger partial charge in [0.15, 0.2) is 0 Å². The maximum Gasteiger partial charge on any atom is 0.123 e. The maximum atomic E-state index is 6.29. The Balaban J connectivity index is 2.18. The smallest absolute Gasteiger partial charge is 0.123 e. The number of benzene rings is 1. The first-order valence-electron chi connectivity index (χ1n) is 7.83. The van der Waals surface area contributed by atoms with E-state index in [0.29, 0.717) is 6.04 Å². The number of nitrogens with zero attached hydrogens (tertiary/aromatic N) is 2. The van der Waals surface area contributed by atoms with Crippen LogP contribution in [0.4, 0.5) is 0 Å². The van der Waals surface area contributed by atoms with E-state index in [0.717, 1.165) is 12.3 Å². The summed E-state index contributed by atoms with van der Waals surface area (Å²) in [6.45, 7) is 4.32. The minimum atomic E-state index is 0.0537. The molecule has 2 N–H and O–H groups in total. The molecule has 1 saturated heterocycles. The third-order valence-corrected chi connectivity index (χ3v) is 4.60. The molecule has 1 aliphatic heterocycles. The largest absolute Gasteiger partial charge is 0.496 e. The van der Waals surface area contributed by atoms with Gasteiger partial charge in [0.2, 0.25) is 0 Å². The Kier molecular flexibility index (Phi) is 5.62. The quantitative estimate of drug-likeness (QED) is 0.871. The number of hydrogen-bond donors (Lipinski definition) is 1. The fraction of sp³-hybridized carbons (Fsp3) is 0.647. The maximum absolute atomic E-state index is 6.29. The first kappa shape index (κ1) is 16.3. The lowest BCUT2D eigenvalue weighted by Crippen LogP contribution is -2.43. The molecule has 0 radical (unpaired) electrons. The van der Waals surface area contributed by atoms with E-state index in [1.165, 1.54) is 24.9 Å². The van der Waals surface area contributed by atoms with Gasteiger partial charge in [-0.05, 0) is 46.5 Å². The lowest BCUT2D eigenvalue weighted by Gasteiger charge is -2.35. The van der Waals surface area contributed by atoms with Gasteiger partial charge < -0.3 is 15.4 Å². The molecule has 118 valence electrons. The third-order valence-electron chi connectivity index (χ3n) is 4.60. The molecule has 0 aliphatic carbocycles. The summed E-state index contributed by atoms with van der Waals surface area (Å²) >= 11 is 0. The molecule has 1 aromatic rings. The van der Waals surface area contributed by atoms with Crippen molar-refractivity contribution in [2.75, 3.05) is 34.3 Å². The van der Waals surface area contributed by atoms with Crippen LogP contribution in [0.3, 0.4) is 0 Å². The summed E-state index contributed by atoms with van der Waals surface area (Å²) < 4.78 is 5.53. The lowest BCUT2D eigenvalue weighted by molar-refractivity contribution is 0.160. The molecule has 4 heteroatoms. The monoisotopic (exact) mass is 291 g/mol. The van der Waals surface area contributed by atoms with Crippen LogP contribution in [0, 0.1) is 0 Å². The van der Waals surface area contributed by atoms with Crippen molar-refractivity contribution in [2.24, 2.45) is 5.73 Å². The minimum absolute atomic E-state index is 0.0537. The summed E-state index contributed by atoms with van der Waals surface area (Å²) in [7, 11) is 6.12. The molecule has 1 aromatic carbocycles. The van der Waals surface area contributed by atoms with Crippen molar-refractivity contribution in [1.29, 1.82) is 0 Å². The van der Waals surface area contributed by atoms with Crippen LogP contribution in [-0.4, -0.2) is 56.2 Å². The number of likely N-dealkylation sites (tertiary alicyclic amines) is 1. The zero-order valence-electron chi connectivity index (χ0n) is 13.7. The Bertz CT molecular complexity index is 449. The van der Waals surface area contributed by atoms with Gasteiger partial charge in [0.05, 0.1) is 13.2 Å². The van der Waals surface area contributed by atoms with E-state index in [2.05, 4.69) is 43.0 Å². The zero-order valence-corrected chi connectivity index (χ0v) is 13.7. The lowest BCUT2D eigenvalue weighted by atomic mass is 9.98. The Hall–Kier alpha value is -1.10. The molecule has 3 atom stereocenters. The average Bonchev–Trinajstić information content (AvgIpc) is 2.84. The summed E-state index contributed by atoms with van der Waals surface area (Å²) in [5.41, 5.74) is 7.47. The van der Waals surface area contributed by atoms with Crippen LogP contribution in [0.1, 0.15) is 31.4 Å². The second-order valence-corrected chi connectivity index (χ2v) is 6.26. The first-order chi connectivity index (χ1) is 10.0. The van der Waals surface area contributed by atoms with E-state index in [1.54, 1.807) is 7.11 Å². The zero-order chi connectivity index (χ0) is 15.4. The molecule has 0 aromatic heterocycles. The van der Waals surface area contributed by atoms with E-state index in [-0.39, 0.29) is 12.1 Å². The van der Waals surface area contributed by atoms with Crippen LogP contribution in [0.15, 0.2) is 24.3 Å². The topological polar surface area (TPSA) is 41.7 Å². The highest BCUT2D eigenvalue weighted by Crippen LogP contribution is 2.31. The van der Waals surface area contributed by atoms with E-state index in [1.807, 2.05) is 12.1 Å². The van der Waals surface area contributed by atoms with E-state index in [4.69, 9.17) is 10.5 Å². The SMILES string of the molecule is COc1ccccc1C(C(C)N)N(C)CC1CCCN1C. The van der Waals surface area contributed by atoms with Crippen molar-refractivity contribution in [2.45, 2.75) is 37.9 Å². The van der Waals surface area contributed by atoms with Gasteiger partial charge in [-0.2, -0.15) is 0 Å². The van der Waals surface area contributed by atoms with Gasteiger partial charge in [0.25, 0.3) is 0 Å². The van der Waals surface area contributed by atoms with Crippen molar-refractivity contribution in [3.8, 4) is 5.75 Å². The molecule has 0 spiro atoms. The van der Waals surface area contributed by atoms with E-state index >= 15 is 0 Å². The van der Waals surface area contributed by atoms with Crippen LogP contribution in [0.2, 0.25) is 0 Å². The van der Waals surface area contributed by atoms with Gasteiger partial charge >= 0.3 is 0 Å². The molecule has 0 amide bonds. The van der Waals surface area contributed by atoms with Crippen LogP contribution >= 0.6 is 0 Å². The second kappa shape index (κ2) is 7.25. The number of nitrogens with two attached hydrogens (primary N) is 1. The molecule has 21 heavy (non-hydrogen) atoms. The number of rotatable bonds is 6. The van der Waals surface area contributed by atoms with Gasteiger partial charge in [0, 0.05) is 24.2 Å². The van der Waals surface area contributed by atoms with Gasteiger partial charge in [-0.15, -0.1) is 0 Å². The minimum Gasteiger partial charge on any atom is -0.496 e. The molecule has 0 bridgehead atoms. The van der Waals surface area contributed by atoms with E-state index < -0.39 is 0 Å². The van der Waals surface area contributed by atoms with Crippen LogP contribution in [-0.2, 0) is 0 Å². The van der Waals surface area contributed by atoms with Crippen molar-refractivity contribution >= 4 is 0 Å². The summed E-state index contributed by atoms with van der Waals surface area (Å²) in [6.07, 6.45) is 2.57. The molecule has 4 nitrogen and oxygen atoms in total. The van der Waals surface area contributed by atoms with Gasteiger partial charge in [-0.1, -0.05) is 18.2 Å². The number of hydrogen-bond acceptors (Lipinski definition) is 4. The average molecular weight is 291 g/mol. The Morgan fingerprint density at radius 1 is 1.43 bits per heavy atom. The molecular weight excluding hydrogens is 262 g/mol. The summed E-state index contributed by atoms with van der Waals surface area (Å²) in [4.78, 5) is 4.84. The fourth-order valence-corrected chi connectivity index (χ4v) is 3.49. The van der Waals surface area contributed by atoms with Gasteiger partial charge in [0.1, 0.15) is 5.75 Å². The molecule has 1 aliphatic rings. The number of ether oxygens (including phenoxy) is 1. The molecule has 3 unspecified atom stereocenters. The van der Waals surface area contributed by atoms with Crippen molar-refractivity contribution in [3.63, 3.8) is 0 Å². The summed E-state index contributed by atoms with van der Waals surface area (Å²) in [5.74, 6) is 0.923. The van der Waals surface area contributed by atoms with Gasteiger partial charge in [-0.25, -0.2) is 0 Å². The van der Waals surface area contributed by atoms with Crippen molar-refractivity contribution in [3.05, 3.63) is 29.8 Å². The predicted octanol–water partition coefficient (Wildman–Crippen LogP) is 2.11. The predicted molar refractivity (Wildman–Crippen MR) is 87.7 cm³/mol. The summed E-state index contributed by atoms with van der Waals surface area (Å²) in [6, 6.07) is 9.06. The van der Waals surface area contributed by atoms with E-state index in [9.17, 15) is 0 Å². The highest BCUT2D eigenvalue weighted by atomic mass is 16.5. The third kappa shape index (κ3) is 3.76. The van der Waals surface area contributed by atoms with Crippen LogP contribution in [0.5, 0.6) is 5.75 Å². The second-order valence-electron chi connectivity index (χ2n) is 6.26. The highest BCUT2D eigenvalue weighted by Gasteiger charge is 2.28. The Labute approximate surface area is 128 Å². The van der Waals surface area contributed by atoms with Crippen molar-refractivity contribution in [1.82, 2.24) is 9.80 Å². The Morgan fingerprint density at radius 3 is 2.71 bits per heavy atom. The number of likely N-dealkylation sites (N-methyl/N-ethyl adjacent to an activating group) is 2. The standard InChI is InChI=1S/C17H29N3O/c1-13(18)17(15-9-5-6-10-16(15)21-4)20(3)12-14-8-7-11-19(14)2/h5-6,9-10,13-14,17H,7-8,11-12,18H2,1-4H3. The summed E-state index contributed by atoms with van der Waals surface area (Å²) in [5, 5.41) is 0. The fourth-order valence-electron chi connectivity index (χ4n) is 3.49. The first-order valence-corrected chi connectivity index (χ1v) is 7.83. The molecule has 0 saturated carbocycles. The number of methoxy groups -OCH3 is 1. The van der Waals surface area contributed by atoms with Gasteiger partial charge in [-0.3, -0.25) is 4.90 Å². The molecule has 2 rings (SSSR count). The highest BCUT2D eigenvalue weighted by molar-refractivity contribution is 5.36. The molecular formula is C17H29N3O. The molecule has 1 fully saturated rings. The Morgan fingerprint density at radius 2 is 2.14 bits per heavy atom. The van der Waals surface area contributed by atoms with Crippen LogP contribution in [0.25, 0.3) is 0 Å². The molecule has 1 heterocycles. The normalized spacial score (nSPS) is 22.5.